The fraction of sp³-hybridized carbons (Fsp3) is 0.381. The molecule has 0 aliphatic rings. The summed E-state index contributed by atoms with van der Waals surface area (Å²) in [5.41, 5.74) is 4.37. The maximum Gasteiger partial charge on any atom is 0.224 e. The van der Waals surface area contributed by atoms with Crippen LogP contribution in [0.1, 0.15) is 29.5 Å². The number of ether oxygens (including phenoxy) is 1. The first-order valence-corrected chi connectivity index (χ1v) is 9.85. The lowest BCUT2D eigenvalue weighted by Crippen LogP contribution is -2.13. The maximum absolute atomic E-state index is 12.1. The van der Waals surface area contributed by atoms with Crippen LogP contribution < -0.4 is 10.1 Å². The SMILES string of the molecule is Cc1cccc(OCCSCCCC(=O)Nc2c(C)cccc2C)c1. The van der Waals surface area contributed by atoms with E-state index in [-0.39, 0.29) is 5.91 Å². The van der Waals surface area contributed by atoms with Gasteiger partial charge in [0.2, 0.25) is 5.91 Å². The Hall–Kier alpha value is -1.94. The molecule has 25 heavy (non-hydrogen) atoms. The molecule has 2 aromatic carbocycles. The number of nitrogens with one attached hydrogen (secondary N) is 1. The highest BCUT2D eigenvalue weighted by Crippen LogP contribution is 2.20. The molecular weight excluding hydrogens is 330 g/mol. The van der Waals surface area contributed by atoms with Gasteiger partial charge in [0, 0.05) is 17.9 Å². The predicted octanol–water partition coefficient (Wildman–Crippen LogP) is 5.14. The highest BCUT2D eigenvalue weighted by atomic mass is 32.2. The Morgan fingerprint density at radius 2 is 1.76 bits per heavy atom. The number of para-hydroxylation sites is 1. The number of rotatable bonds is 9. The number of carbonyl (C=O) groups excluding carboxylic acids is 1. The Balaban J connectivity index is 1.57. The number of anilines is 1. The summed E-state index contributed by atoms with van der Waals surface area (Å²) in [4.78, 5) is 12.1. The van der Waals surface area contributed by atoms with Crippen LogP contribution in [0.15, 0.2) is 42.5 Å². The van der Waals surface area contributed by atoms with Crippen LogP contribution in [0.4, 0.5) is 5.69 Å². The van der Waals surface area contributed by atoms with E-state index < -0.39 is 0 Å². The van der Waals surface area contributed by atoms with Crippen molar-refractivity contribution in [2.45, 2.75) is 33.6 Å². The standard InChI is InChI=1S/C21H27NO2S/c1-16-7-4-10-19(15-16)24-12-14-25-13-6-11-20(23)22-21-17(2)8-5-9-18(21)3/h4-5,7-10,15H,6,11-14H2,1-3H3,(H,22,23). The molecule has 2 rings (SSSR count). The molecule has 134 valence electrons. The molecule has 0 saturated heterocycles. The van der Waals surface area contributed by atoms with Gasteiger partial charge in [-0.05, 0) is 61.8 Å². The number of amides is 1. The van der Waals surface area contributed by atoms with Gasteiger partial charge < -0.3 is 10.1 Å². The lowest BCUT2D eigenvalue weighted by Gasteiger charge is -2.11. The van der Waals surface area contributed by atoms with E-state index >= 15 is 0 Å². The number of thioether (sulfide) groups is 1. The summed E-state index contributed by atoms with van der Waals surface area (Å²) in [5, 5.41) is 3.03. The lowest BCUT2D eigenvalue weighted by atomic mass is 10.1. The normalized spacial score (nSPS) is 10.5. The van der Waals surface area contributed by atoms with E-state index in [0.717, 1.165) is 40.5 Å². The average Bonchev–Trinajstić information content (AvgIpc) is 2.57. The van der Waals surface area contributed by atoms with Crippen LogP contribution in [0.3, 0.4) is 0 Å². The van der Waals surface area contributed by atoms with Crippen molar-refractivity contribution < 1.29 is 9.53 Å². The molecule has 2 aromatic rings. The van der Waals surface area contributed by atoms with Crippen molar-refractivity contribution in [1.29, 1.82) is 0 Å². The summed E-state index contributed by atoms with van der Waals surface area (Å²) in [6.07, 6.45) is 1.44. The van der Waals surface area contributed by atoms with Crippen molar-refractivity contribution in [3.05, 3.63) is 59.2 Å². The van der Waals surface area contributed by atoms with Gasteiger partial charge in [-0.25, -0.2) is 0 Å². The molecule has 0 radical (unpaired) electrons. The average molecular weight is 358 g/mol. The smallest absolute Gasteiger partial charge is 0.224 e. The zero-order valence-corrected chi connectivity index (χ0v) is 16.1. The maximum atomic E-state index is 12.1. The molecule has 3 nitrogen and oxygen atoms in total. The van der Waals surface area contributed by atoms with E-state index in [1.807, 2.05) is 62.0 Å². The van der Waals surface area contributed by atoms with Gasteiger partial charge in [-0.3, -0.25) is 4.79 Å². The molecule has 0 saturated carbocycles. The summed E-state index contributed by atoms with van der Waals surface area (Å²) < 4.78 is 5.72. The molecule has 0 aliphatic heterocycles. The van der Waals surface area contributed by atoms with Crippen LogP contribution in [0.2, 0.25) is 0 Å². The van der Waals surface area contributed by atoms with Gasteiger partial charge in [0.05, 0.1) is 6.61 Å². The van der Waals surface area contributed by atoms with Gasteiger partial charge in [-0.15, -0.1) is 0 Å². The van der Waals surface area contributed by atoms with Crippen LogP contribution in [0.25, 0.3) is 0 Å². The molecular formula is C21H27NO2S. The molecule has 4 heteroatoms. The van der Waals surface area contributed by atoms with Gasteiger partial charge in [-0.2, -0.15) is 11.8 Å². The number of aryl methyl sites for hydroxylation is 3. The summed E-state index contributed by atoms with van der Waals surface area (Å²) in [6.45, 7) is 6.80. The first kappa shape index (κ1) is 19.4. The van der Waals surface area contributed by atoms with E-state index in [1.54, 1.807) is 0 Å². The second-order valence-corrected chi connectivity index (χ2v) is 7.42. The Morgan fingerprint density at radius 1 is 1.04 bits per heavy atom. The minimum Gasteiger partial charge on any atom is -0.493 e. The highest BCUT2D eigenvalue weighted by Gasteiger charge is 2.06. The number of carbonyl (C=O) groups is 1. The van der Waals surface area contributed by atoms with Gasteiger partial charge in [-0.1, -0.05) is 30.3 Å². The Bertz CT molecular complexity index is 680. The van der Waals surface area contributed by atoms with Gasteiger partial charge in [0.1, 0.15) is 5.75 Å². The summed E-state index contributed by atoms with van der Waals surface area (Å²) in [7, 11) is 0. The lowest BCUT2D eigenvalue weighted by molar-refractivity contribution is -0.116. The zero-order valence-electron chi connectivity index (χ0n) is 15.3. The Kier molecular flexibility index (Phi) is 7.86. The quantitative estimate of drug-likeness (QED) is 0.631. The third kappa shape index (κ3) is 6.83. The van der Waals surface area contributed by atoms with Crippen LogP contribution in [-0.2, 0) is 4.79 Å². The van der Waals surface area contributed by atoms with Gasteiger partial charge >= 0.3 is 0 Å². The molecule has 1 N–H and O–H groups in total. The second kappa shape index (κ2) is 10.1. The first-order valence-electron chi connectivity index (χ1n) is 8.69. The monoisotopic (exact) mass is 357 g/mol. The molecule has 0 aromatic heterocycles. The molecule has 0 fully saturated rings. The number of hydrogen-bond donors (Lipinski definition) is 1. The molecule has 0 heterocycles. The van der Waals surface area contributed by atoms with Crippen LogP contribution >= 0.6 is 11.8 Å². The Morgan fingerprint density at radius 3 is 2.48 bits per heavy atom. The van der Waals surface area contributed by atoms with Crippen molar-refractivity contribution in [2.24, 2.45) is 0 Å². The largest absolute Gasteiger partial charge is 0.493 e. The van der Waals surface area contributed by atoms with Crippen molar-refractivity contribution in [3.63, 3.8) is 0 Å². The highest BCUT2D eigenvalue weighted by molar-refractivity contribution is 7.99. The summed E-state index contributed by atoms with van der Waals surface area (Å²) >= 11 is 1.83. The summed E-state index contributed by atoms with van der Waals surface area (Å²) in [6, 6.07) is 14.1. The minimum atomic E-state index is 0.0917. The van der Waals surface area contributed by atoms with Crippen LogP contribution in [-0.4, -0.2) is 24.0 Å². The molecule has 0 bridgehead atoms. The fourth-order valence-corrected chi connectivity index (χ4v) is 3.33. The topological polar surface area (TPSA) is 38.3 Å². The van der Waals surface area contributed by atoms with E-state index in [0.29, 0.717) is 13.0 Å². The summed E-state index contributed by atoms with van der Waals surface area (Å²) in [5.74, 6) is 2.92. The van der Waals surface area contributed by atoms with E-state index in [9.17, 15) is 4.79 Å². The number of hydrogen-bond acceptors (Lipinski definition) is 3. The van der Waals surface area contributed by atoms with Crippen LogP contribution in [0.5, 0.6) is 5.75 Å². The number of benzene rings is 2. The van der Waals surface area contributed by atoms with Crippen molar-refractivity contribution in [1.82, 2.24) is 0 Å². The van der Waals surface area contributed by atoms with Crippen molar-refractivity contribution in [3.8, 4) is 5.75 Å². The van der Waals surface area contributed by atoms with Gasteiger partial charge in [0.15, 0.2) is 0 Å². The molecule has 0 unspecified atom stereocenters. The van der Waals surface area contributed by atoms with Crippen molar-refractivity contribution >= 4 is 23.4 Å². The second-order valence-electron chi connectivity index (χ2n) is 6.20. The van der Waals surface area contributed by atoms with E-state index in [4.69, 9.17) is 4.74 Å². The fourth-order valence-electron chi connectivity index (χ4n) is 2.57. The molecule has 0 aliphatic carbocycles. The van der Waals surface area contributed by atoms with E-state index in [2.05, 4.69) is 18.3 Å². The predicted molar refractivity (Wildman–Crippen MR) is 108 cm³/mol. The molecule has 1 amide bonds. The zero-order chi connectivity index (χ0) is 18.1. The third-order valence-electron chi connectivity index (χ3n) is 3.92. The van der Waals surface area contributed by atoms with Gasteiger partial charge in [0.25, 0.3) is 0 Å². The van der Waals surface area contributed by atoms with Crippen LogP contribution in [0, 0.1) is 20.8 Å². The minimum absolute atomic E-state index is 0.0917. The Labute approximate surface area is 155 Å². The van der Waals surface area contributed by atoms with E-state index in [1.165, 1.54) is 5.56 Å². The molecule has 0 spiro atoms. The third-order valence-corrected chi connectivity index (χ3v) is 4.96. The first-order chi connectivity index (χ1) is 12.1. The molecule has 0 atom stereocenters. The van der Waals surface area contributed by atoms with Crippen molar-refractivity contribution in [2.75, 3.05) is 23.4 Å².